The molecule has 0 heterocycles. The quantitative estimate of drug-likeness (QED) is 0.0763. The Kier molecular flexibility index (Phi) is 21.2. The minimum Gasteiger partial charge on any atom is -0.359 e. The van der Waals surface area contributed by atoms with Crippen molar-refractivity contribution in [2.24, 2.45) is 0 Å². The molecular formula is C84H89ClO12. The van der Waals surface area contributed by atoms with E-state index in [1.807, 2.05) is 0 Å². The Balaban J connectivity index is 0.816. The minimum atomic E-state index is -0.609. The van der Waals surface area contributed by atoms with Gasteiger partial charge in [0.1, 0.15) is 40.8 Å². The smallest absolute Gasteiger partial charge is 0.147 e. The second-order valence-corrected chi connectivity index (χ2v) is 27.0. The molecule has 9 aromatic carbocycles. The average Bonchev–Trinajstić information content (AvgIpc) is 0.776. The molecule has 12 nitrogen and oxygen atoms in total. The minimum absolute atomic E-state index is 0.158. The Morgan fingerprint density at radius 3 is 0.546 bits per heavy atom. The molecule has 31 rings (SSSR count). The lowest BCUT2D eigenvalue weighted by Gasteiger charge is -2.46. The lowest BCUT2D eigenvalue weighted by atomic mass is 9.70. The van der Waals surface area contributed by atoms with Gasteiger partial charge in [0.15, 0.2) is 0 Å². The van der Waals surface area contributed by atoms with Crippen LogP contribution in [-0.2, 0) is 90.4 Å². The van der Waals surface area contributed by atoms with E-state index in [-0.39, 0.29) is 40.8 Å². The van der Waals surface area contributed by atoms with E-state index in [0.29, 0.717) is 56.4 Å². The number of hydrogen-bond donors (Lipinski definition) is 0. The van der Waals surface area contributed by atoms with E-state index in [2.05, 4.69) is 212 Å². The predicted octanol–water partition coefficient (Wildman–Crippen LogP) is 19.4. The van der Waals surface area contributed by atoms with Gasteiger partial charge >= 0.3 is 0 Å². The second kappa shape index (κ2) is 30.1. The lowest BCUT2D eigenvalue weighted by molar-refractivity contribution is -0.203. The lowest BCUT2D eigenvalue weighted by Crippen LogP contribution is -2.43. The van der Waals surface area contributed by atoms with Gasteiger partial charge in [-0.05, 0) is 178 Å². The number of ether oxygens (including phenoxy) is 12. The van der Waals surface area contributed by atoms with Crippen molar-refractivity contribution >= 4 is 11.6 Å². The molecule has 0 saturated heterocycles. The predicted molar refractivity (Wildman–Crippen MR) is 380 cm³/mol. The molecule has 9 aromatic rings. The van der Waals surface area contributed by atoms with Gasteiger partial charge in [-0.25, -0.2) is 0 Å². The maximum atomic E-state index is 7.24. The fourth-order valence-corrected chi connectivity index (χ4v) is 16.0. The van der Waals surface area contributed by atoms with Crippen LogP contribution in [0.25, 0.3) is 66.8 Å². The summed E-state index contributed by atoms with van der Waals surface area (Å²) in [5, 5.41) is 0.665. The van der Waals surface area contributed by atoms with Crippen LogP contribution in [0.2, 0.25) is 5.02 Å². The van der Waals surface area contributed by atoms with Crippen LogP contribution in [0.15, 0.2) is 212 Å². The van der Waals surface area contributed by atoms with Crippen molar-refractivity contribution in [2.75, 3.05) is 83.4 Å². The van der Waals surface area contributed by atoms with Crippen molar-refractivity contribution < 1.29 is 56.8 Å². The molecule has 0 spiro atoms. The first-order valence-corrected chi connectivity index (χ1v) is 34.3. The first-order valence-electron chi connectivity index (χ1n) is 33.9. The topological polar surface area (TPSA) is 111 Å². The standard InChI is InChI=1S/C84H89ClO12/c1-86-54-92-79-41-43-80(44-42-79,93-55-87-2)72-30-17-65(18-31-72)61-11-13-63(14-12-61)67-21-34-74(35-22-67)82(95-57-89-4)49-51-84(52-50-82,97-59-91-6)76-38-25-69(26-39-76)77-40-27-70(53-78(77)85)68-23-36-75(37-24-68)83(96-58-90-5)47-45-81(46-48-83,94-56-88-3)73-32-19-66(20-33-73)62-9-7-60(8-10-62)64-15-28-71(79)29-16-64/h7-40,53H,41-52,54-59H2,1-6H3. The molecule has 13 heteroatoms. The number of halogens is 1. The molecule has 3 fully saturated rings. The summed E-state index contributed by atoms with van der Waals surface area (Å²) in [6.45, 7) is 1.01. The van der Waals surface area contributed by atoms with Crippen molar-refractivity contribution in [1.82, 2.24) is 0 Å². The van der Waals surface area contributed by atoms with E-state index in [9.17, 15) is 0 Å². The summed E-state index contributed by atoms with van der Waals surface area (Å²) < 4.78 is 73.9. The molecule has 0 aromatic heterocycles. The van der Waals surface area contributed by atoms with Gasteiger partial charge in [0.2, 0.25) is 0 Å². The van der Waals surface area contributed by atoms with Gasteiger partial charge in [0.25, 0.3) is 0 Å². The Morgan fingerprint density at radius 2 is 0.371 bits per heavy atom. The van der Waals surface area contributed by atoms with Crippen LogP contribution >= 0.6 is 11.6 Å². The van der Waals surface area contributed by atoms with Crippen LogP contribution < -0.4 is 0 Å². The second-order valence-electron chi connectivity index (χ2n) is 26.6. The zero-order valence-electron chi connectivity index (χ0n) is 56.7. The SMILES string of the molecule is COCOC12CCC(OCOC)(CC1)c1ccc(cc1)-c1ccc(cc1)-c1ccc(cc1)C1(OCOC)CCC(OCOC)(CC1)c1ccc(cc1)-c1ccc(cc1Cl)-c1ccc(cc1)C1(OCOC)CCC(OCOC)(CC1)c1ccc(cc1)-c1ccc(cc1)-c1ccc2cc1. The first kappa shape index (κ1) is 68.3. The van der Waals surface area contributed by atoms with Gasteiger partial charge in [-0.3, -0.25) is 0 Å². The molecular weight excluding hydrogens is 1240 g/mol. The van der Waals surface area contributed by atoms with Crippen molar-refractivity contribution in [2.45, 2.75) is 111 Å². The Labute approximate surface area is 576 Å². The van der Waals surface area contributed by atoms with Crippen LogP contribution in [0.3, 0.4) is 0 Å². The van der Waals surface area contributed by atoms with E-state index in [1.54, 1.807) is 42.7 Å². The normalized spacial score (nSPS) is 23.7. The maximum absolute atomic E-state index is 7.24. The zero-order valence-corrected chi connectivity index (χ0v) is 57.5. The molecule has 504 valence electrons. The molecule has 0 unspecified atom stereocenters. The van der Waals surface area contributed by atoms with Gasteiger partial charge in [-0.2, -0.15) is 0 Å². The van der Waals surface area contributed by atoms with Crippen LogP contribution in [0.4, 0.5) is 0 Å². The summed E-state index contributed by atoms with van der Waals surface area (Å²) in [6, 6.07) is 76.7. The van der Waals surface area contributed by atoms with E-state index in [1.165, 1.54) is 0 Å². The molecule has 0 radical (unpaired) electrons. The molecule has 0 N–H and O–H groups in total. The molecule has 24 bridgehead atoms. The molecule has 0 amide bonds. The van der Waals surface area contributed by atoms with E-state index in [4.69, 9.17) is 68.4 Å². The average molecular weight is 1330 g/mol. The molecule has 3 saturated carbocycles. The highest BCUT2D eigenvalue weighted by Gasteiger charge is 2.50. The summed E-state index contributed by atoms with van der Waals surface area (Å²) in [4.78, 5) is 0. The van der Waals surface area contributed by atoms with Gasteiger partial charge in [-0.15, -0.1) is 0 Å². The molecule has 22 aliphatic rings. The highest BCUT2D eigenvalue weighted by atomic mass is 35.5. The van der Waals surface area contributed by atoms with Crippen LogP contribution in [0, 0.1) is 0 Å². The molecule has 0 aliphatic heterocycles. The Bertz CT molecular complexity index is 4000. The summed E-state index contributed by atoms with van der Waals surface area (Å²) >= 11 is 7.24. The fourth-order valence-electron chi connectivity index (χ4n) is 15.7. The number of rotatable bonds is 18. The van der Waals surface area contributed by atoms with Crippen molar-refractivity contribution in [3.05, 3.63) is 251 Å². The largest absolute Gasteiger partial charge is 0.359 e. The van der Waals surface area contributed by atoms with Crippen molar-refractivity contribution in [1.29, 1.82) is 0 Å². The number of hydrogen-bond acceptors (Lipinski definition) is 12. The van der Waals surface area contributed by atoms with Crippen LogP contribution in [-0.4, -0.2) is 83.4 Å². The third-order valence-electron chi connectivity index (χ3n) is 21.5. The third-order valence-corrected chi connectivity index (χ3v) is 21.8. The number of methoxy groups -OCH3 is 6. The van der Waals surface area contributed by atoms with Crippen molar-refractivity contribution in [3.63, 3.8) is 0 Å². The van der Waals surface area contributed by atoms with Gasteiger partial charge in [0.05, 0.1) is 33.6 Å². The molecule has 0 atom stereocenters. The van der Waals surface area contributed by atoms with Gasteiger partial charge < -0.3 is 56.8 Å². The van der Waals surface area contributed by atoms with Crippen LogP contribution in [0.1, 0.15) is 110 Å². The highest BCUT2D eigenvalue weighted by molar-refractivity contribution is 6.33. The first-order chi connectivity index (χ1) is 47.4. The van der Waals surface area contributed by atoms with E-state index >= 15 is 0 Å². The van der Waals surface area contributed by atoms with E-state index < -0.39 is 33.6 Å². The third kappa shape index (κ3) is 14.1. The zero-order chi connectivity index (χ0) is 66.9. The Morgan fingerprint density at radius 1 is 0.216 bits per heavy atom. The van der Waals surface area contributed by atoms with Crippen LogP contribution in [0.5, 0.6) is 0 Å². The molecule has 22 aliphatic carbocycles. The molecule has 97 heavy (non-hydrogen) atoms. The summed E-state index contributed by atoms with van der Waals surface area (Å²) in [5.74, 6) is 0. The maximum Gasteiger partial charge on any atom is 0.147 e. The number of benzene rings is 9. The summed E-state index contributed by atoms with van der Waals surface area (Å²) in [7, 11) is 10.1. The fraction of sp³-hybridized carbons (Fsp3) is 0.357. The van der Waals surface area contributed by atoms with Gasteiger partial charge in [-0.1, -0.05) is 218 Å². The summed E-state index contributed by atoms with van der Waals surface area (Å²) in [6.07, 6.45) is 8.54. The highest BCUT2D eigenvalue weighted by Crippen LogP contribution is 2.54. The van der Waals surface area contributed by atoms with Crippen molar-refractivity contribution in [3.8, 4) is 66.8 Å². The monoisotopic (exact) mass is 1320 g/mol. The Hall–Kier alpha value is -7.21. The van der Waals surface area contributed by atoms with E-state index in [0.717, 1.165) is 126 Å². The van der Waals surface area contributed by atoms with Gasteiger partial charge in [0, 0.05) is 53.2 Å². The summed E-state index contributed by atoms with van der Waals surface area (Å²) in [5.41, 5.74) is 16.1.